The third kappa shape index (κ3) is 2.89. The van der Waals surface area contributed by atoms with E-state index in [0.717, 1.165) is 12.4 Å². The van der Waals surface area contributed by atoms with Crippen molar-refractivity contribution >= 4 is 5.78 Å². The fraction of sp³-hybridized carbons (Fsp3) is 0.636. The van der Waals surface area contributed by atoms with Crippen LogP contribution in [0.2, 0.25) is 0 Å². The van der Waals surface area contributed by atoms with Gasteiger partial charge in [0, 0.05) is 18.9 Å². The summed E-state index contributed by atoms with van der Waals surface area (Å²) in [6, 6.07) is 0. The number of aliphatic hydroxyl groups is 1. The molecule has 4 nitrogen and oxygen atoms in total. The van der Waals surface area contributed by atoms with E-state index in [1.165, 1.54) is 0 Å². The molecule has 84 valence electrons. The maximum Gasteiger partial charge on any atom is 0.169 e. The lowest BCUT2D eigenvalue weighted by Crippen LogP contribution is -2.28. The molecule has 0 aromatic carbocycles. The van der Waals surface area contributed by atoms with E-state index in [1.54, 1.807) is 6.20 Å². The zero-order valence-electron chi connectivity index (χ0n) is 9.47. The second-order valence-electron chi connectivity index (χ2n) is 3.96. The van der Waals surface area contributed by atoms with Crippen molar-refractivity contribution in [1.82, 2.24) is 9.55 Å². The van der Waals surface area contributed by atoms with Gasteiger partial charge in [-0.1, -0.05) is 13.8 Å². The Labute approximate surface area is 89.9 Å². The van der Waals surface area contributed by atoms with Gasteiger partial charge in [0.1, 0.15) is 11.9 Å². The van der Waals surface area contributed by atoms with Gasteiger partial charge in [0.15, 0.2) is 5.78 Å². The standard InChI is InChI=1S/C11H18N2O2/c1-4-13-6-5-12-10(13)7-9(14)11(15)8(2)3/h5-6,8,11,15H,4,7H2,1-3H3. The molecule has 0 spiro atoms. The van der Waals surface area contributed by atoms with Crippen LogP contribution >= 0.6 is 0 Å². The molecule has 0 amide bonds. The molecule has 1 heterocycles. The predicted molar refractivity (Wildman–Crippen MR) is 57.5 cm³/mol. The summed E-state index contributed by atoms with van der Waals surface area (Å²) in [6.45, 7) is 6.44. The van der Waals surface area contributed by atoms with Crippen molar-refractivity contribution in [2.45, 2.75) is 39.8 Å². The van der Waals surface area contributed by atoms with Gasteiger partial charge in [0.25, 0.3) is 0 Å². The molecule has 1 atom stereocenters. The first kappa shape index (κ1) is 11.9. The van der Waals surface area contributed by atoms with Gasteiger partial charge in [0.2, 0.25) is 0 Å². The van der Waals surface area contributed by atoms with Gasteiger partial charge < -0.3 is 9.67 Å². The highest BCUT2D eigenvalue weighted by Gasteiger charge is 2.20. The lowest BCUT2D eigenvalue weighted by Gasteiger charge is -2.13. The number of rotatable bonds is 5. The van der Waals surface area contributed by atoms with Gasteiger partial charge in [-0.2, -0.15) is 0 Å². The number of imidazole rings is 1. The van der Waals surface area contributed by atoms with Crippen molar-refractivity contribution in [3.63, 3.8) is 0 Å². The topological polar surface area (TPSA) is 55.1 Å². The number of aryl methyl sites for hydroxylation is 1. The molecular formula is C11H18N2O2. The van der Waals surface area contributed by atoms with Crippen LogP contribution in [0.5, 0.6) is 0 Å². The van der Waals surface area contributed by atoms with Crippen LogP contribution in [0.1, 0.15) is 26.6 Å². The number of hydrogen-bond donors (Lipinski definition) is 1. The normalized spacial score (nSPS) is 13.1. The molecule has 0 saturated carbocycles. The van der Waals surface area contributed by atoms with Crippen molar-refractivity contribution in [2.75, 3.05) is 0 Å². The van der Waals surface area contributed by atoms with Crippen LogP contribution in [0.25, 0.3) is 0 Å². The predicted octanol–water partition coefficient (Wildman–Crippen LogP) is 1.03. The third-order valence-electron chi connectivity index (χ3n) is 2.44. The monoisotopic (exact) mass is 210 g/mol. The number of aromatic nitrogens is 2. The molecule has 0 bridgehead atoms. The number of ketones is 1. The summed E-state index contributed by atoms with van der Waals surface area (Å²) in [7, 11) is 0. The van der Waals surface area contributed by atoms with Crippen LogP contribution < -0.4 is 0 Å². The highest BCUT2D eigenvalue weighted by atomic mass is 16.3. The SMILES string of the molecule is CCn1ccnc1CC(=O)C(O)C(C)C. The molecule has 0 saturated heterocycles. The first-order valence-corrected chi connectivity index (χ1v) is 5.27. The second-order valence-corrected chi connectivity index (χ2v) is 3.96. The number of nitrogens with zero attached hydrogens (tertiary/aromatic N) is 2. The second kappa shape index (κ2) is 5.07. The minimum atomic E-state index is -0.882. The molecule has 0 radical (unpaired) electrons. The first-order valence-electron chi connectivity index (χ1n) is 5.27. The van der Waals surface area contributed by atoms with E-state index in [2.05, 4.69) is 4.98 Å². The van der Waals surface area contributed by atoms with E-state index in [9.17, 15) is 9.90 Å². The summed E-state index contributed by atoms with van der Waals surface area (Å²) < 4.78 is 1.91. The van der Waals surface area contributed by atoms with Crippen molar-refractivity contribution in [1.29, 1.82) is 0 Å². The summed E-state index contributed by atoms with van der Waals surface area (Å²) in [4.78, 5) is 15.7. The van der Waals surface area contributed by atoms with Gasteiger partial charge in [-0.3, -0.25) is 4.79 Å². The van der Waals surface area contributed by atoms with E-state index in [-0.39, 0.29) is 18.1 Å². The van der Waals surface area contributed by atoms with Gasteiger partial charge >= 0.3 is 0 Å². The number of carbonyl (C=O) groups excluding carboxylic acids is 1. The van der Waals surface area contributed by atoms with Gasteiger partial charge in [-0.05, 0) is 12.8 Å². The molecule has 1 aromatic rings. The van der Waals surface area contributed by atoms with Gasteiger partial charge in [-0.25, -0.2) is 4.98 Å². The summed E-state index contributed by atoms with van der Waals surface area (Å²) in [5, 5.41) is 9.57. The molecule has 1 aromatic heterocycles. The largest absolute Gasteiger partial charge is 0.385 e. The molecule has 0 aliphatic rings. The maximum atomic E-state index is 11.6. The molecule has 1 rings (SSSR count). The van der Waals surface area contributed by atoms with Crippen molar-refractivity contribution in [3.05, 3.63) is 18.2 Å². The van der Waals surface area contributed by atoms with Crippen LogP contribution in [0.15, 0.2) is 12.4 Å². The van der Waals surface area contributed by atoms with Crippen LogP contribution in [-0.4, -0.2) is 26.5 Å². The fourth-order valence-corrected chi connectivity index (χ4v) is 1.43. The van der Waals surface area contributed by atoms with E-state index in [4.69, 9.17) is 0 Å². The zero-order chi connectivity index (χ0) is 11.4. The lowest BCUT2D eigenvalue weighted by atomic mass is 10.0. The minimum Gasteiger partial charge on any atom is -0.385 e. The quantitative estimate of drug-likeness (QED) is 0.789. The smallest absolute Gasteiger partial charge is 0.169 e. The first-order chi connectivity index (χ1) is 7.06. The summed E-state index contributed by atoms with van der Waals surface area (Å²) >= 11 is 0. The van der Waals surface area contributed by atoms with E-state index in [0.29, 0.717) is 0 Å². The summed E-state index contributed by atoms with van der Waals surface area (Å²) in [5.41, 5.74) is 0. The maximum absolute atomic E-state index is 11.6. The van der Waals surface area contributed by atoms with Gasteiger partial charge in [0.05, 0.1) is 6.42 Å². The van der Waals surface area contributed by atoms with Crippen molar-refractivity contribution in [3.8, 4) is 0 Å². The number of aliphatic hydroxyl groups excluding tert-OH is 1. The van der Waals surface area contributed by atoms with E-state index in [1.807, 2.05) is 31.5 Å². The van der Waals surface area contributed by atoms with Gasteiger partial charge in [-0.15, -0.1) is 0 Å². The number of Topliss-reactive ketones (excluding diaryl/α,β-unsaturated/α-hetero) is 1. The average molecular weight is 210 g/mol. The van der Waals surface area contributed by atoms with E-state index < -0.39 is 6.10 Å². The van der Waals surface area contributed by atoms with Crippen molar-refractivity contribution < 1.29 is 9.90 Å². The molecule has 0 aliphatic carbocycles. The van der Waals surface area contributed by atoms with E-state index >= 15 is 0 Å². The Morgan fingerprint density at radius 1 is 1.60 bits per heavy atom. The Kier molecular flexibility index (Phi) is 4.03. The average Bonchev–Trinajstić information content (AvgIpc) is 2.63. The Morgan fingerprint density at radius 2 is 2.27 bits per heavy atom. The Morgan fingerprint density at radius 3 is 2.80 bits per heavy atom. The van der Waals surface area contributed by atoms with Crippen molar-refractivity contribution in [2.24, 2.45) is 5.92 Å². The molecule has 15 heavy (non-hydrogen) atoms. The Bertz CT molecular complexity index is 331. The fourth-order valence-electron chi connectivity index (χ4n) is 1.43. The minimum absolute atomic E-state index is 0.0393. The number of carbonyl (C=O) groups is 1. The highest BCUT2D eigenvalue weighted by Crippen LogP contribution is 2.07. The molecule has 1 N–H and O–H groups in total. The molecule has 0 fully saturated rings. The third-order valence-corrected chi connectivity index (χ3v) is 2.44. The molecule has 0 aliphatic heterocycles. The lowest BCUT2D eigenvalue weighted by molar-refractivity contribution is -0.128. The Balaban J connectivity index is 2.66. The number of hydrogen-bond acceptors (Lipinski definition) is 3. The molecular weight excluding hydrogens is 192 g/mol. The van der Waals surface area contributed by atoms with Crippen LogP contribution in [0, 0.1) is 5.92 Å². The zero-order valence-corrected chi connectivity index (χ0v) is 9.47. The highest BCUT2D eigenvalue weighted by molar-refractivity contribution is 5.84. The Hall–Kier alpha value is -1.16. The van der Waals surface area contributed by atoms with Crippen LogP contribution in [0.3, 0.4) is 0 Å². The van der Waals surface area contributed by atoms with Crippen LogP contribution in [0.4, 0.5) is 0 Å². The summed E-state index contributed by atoms with van der Waals surface area (Å²) in [5.74, 6) is 0.524. The summed E-state index contributed by atoms with van der Waals surface area (Å²) in [6.07, 6.45) is 2.84. The molecule has 1 unspecified atom stereocenters. The van der Waals surface area contributed by atoms with Crippen LogP contribution in [-0.2, 0) is 17.8 Å². The molecule has 4 heteroatoms.